The molecule has 4 rings (SSSR count). The third-order valence-electron chi connectivity index (χ3n) is 5.91. The van der Waals surface area contributed by atoms with Gasteiger partial charge in [-0.05, 0) is 58.5 Å². The van der Waals surface area contributed by atoms with Gasteiger partial charge in [0.15, 0.2) is 0 Å². The predicted octanol–water partition coefficient (Wildman–Crippen LogP) is 5.16. The number of nitrogens with zero attached hydrogens (tertiary/aromatic N) is 2. The smallest absolute Gasteiger partial charge is 0.127 e. The maximum atomic E-state index is 9.68. The van der Waals surface area contributed by atoms with Crippen LogP contribution in [0.3, 0.4) is 0 Å². The summed E-state index contributed by atoms with van der Waals surface area (Å²) in [6.45, 7) is 12.1. The topological polar surface area (TPSA) is 57.6 Å². The fourth-order valence-electron chi connectivity index (χ4n) is 3.90. The molecule has 0 spiro atoms. The van der Waals surface area contributed by atoms with Crippen molar-refractivity contribution in [2.45, 2.75) is 26.2 Å². The summed E-state index contributed by atoms with van der Waals surface area (Å²) < 4.78 is 5.44. The van der Waals surface area contributed by atoms with Gasteiger partial charge in [-0.15, -0.1) is 0 Å². The van der Waals surface area contributed by atoms with E-state index in [9.17, 15) is 5.11 Å². The standard InChI is InChI=1S/C27H33N3O2/c1-27(2,3)23-8-4-20(5-9-23)22-18-25(21-6-10-24(31)11-7-21)29-26(19-22)28-12-13-30-14-16-32-17-15-30/h4-11,18-19,31H,12-17H2,1-3H3,(H,28,29). The van der Waals surface area contributed by atoms with E-state index in [2.05, 4.69) is 67.4 Å². The van der Waals surface area contributed by atoms with E-state index in [1.165, 1.54) is 5.56 Å². The Morgan fingerprint density at radius 3 is 2.22 bits per heavy atom. The van der Waals surface area contributed by atoms with Crippen LogP contribution in [0, 0.1) is 0 Å². The molecular formula is C27H33N3O2. The zero-order chi connectivity index (χ0) is 22.6. The van der Waals surface area contributed by atoms with Crippen LogP contribution < -0.4 is 5.32 Å². The number of nitrogens with one attached hydrogen (secondary N) is 1. The van der Waals surface area contributed by atoms with Crippen molar-refractivity contribution in [3.05, 3.63) is 66.2 Å². The van der Waals surface area contributed by atoms with E-state index < -0.39 is 0 Å². The third-order valence-corrected chi connectivity index (χ3v) is 5.91. The van der Waals surface area contributed by atoms with Crippen molar-refractivity contribution in [2.24, 2.45) is 0 Å². The average molecular weight is 432 g/mol. The van der Waals surface area contributed by atoms with Crippen LogP contribution in [-0.2, 0) is 10.2 Å². The molecular weight excluding hydrogens is 398 g/mol. The molecule has 1 aromatic heterocycles. The van der Waals surface area contributed by atoms with Gasteiger partial charge in [0.25, 0.3) is 0 Å². The second-order valence-corrected chi connectivity index (χ2v) is 9.38. The number of rotatable bonds is 6. The Hall–Kier alpha value is -2.89. The first kappa shape index (κ1) is 22.3. The molecule has 2 heterocycles. The van der Waals surface area contributed by atoms with Gasteiger partial charge in [0.05, 0.1) is 18.9 Å². The number of aromatic hydroxyl groups is 1. The zero-order valence-electron chi connectivity index (χ0n) is 19.3. The highest BCUT2D eigenvalue weighted by molar-refractivity contribution is 5.74. The Morgan fingerprint density at radius 2 is 1.56 bits per heavy atom. The fraction of sp³-hybridized carbons (Fsp3) is 0.370. The number of hydrogen-bond donors (Lipinski definition) is 2. The van der Waals surface area contributed by atoms with Gasteiger partial charge in [-0.3, -0.25) is 4.90 Å². The second-order valence-electron chi connectivity index (χ2n) is 9.38. The summed E-state index contributed by atoms with van der Waals surface area (Å²) in [6.07, 6.45) is 0. The number of hydrogen-bond acceptors (Lipinski definition) is 5. The molecule has 168 valence electrons. The van der Waals surface area contributed by atoms with Crippen molar-refractivity contribution < 1.29 is 9.84 Å². The molecule has 2 aromatic carbocycles. The second kappa shape index (κ2) is 9.72. The van der Waals surface area contributed by atoms with Crippen LogP contribution in [-0.4, -0.2) is 54.4 Å². The molecule has 0 atom stereocenters. The van der Waals surface area contributed by atoms with Crippen LogP contribution in [0.15, 0.2) is 60.7 Å². The van der Waals surface area contributed by atoms with Gasteiger partial charge < -0.3 is 15.2 Å². The number of anilines is 1. The van der Waals surface area contributed by atoms with Crippen LogP contribution in [0.4, 0.5) is 5.82 Å². The molecule has 0 amide bonds. The number of pyridine rings is 1. The Kier molecular flexibility index (Phi) is 6.77. The highest BCUT2D eigenvalue weighted by atomic mass is 16.5. The van der Waals surface area contributed by atoms with E-state index in [1.807, 2.05) is 12.1 Å². The Bertz CT molecular complexity index is 1020. The van der Waals surface area contributed by atoms with E-state index in [4.69, 9.17) is 9.72 Å². The molecule has 3 aromatic rings. The van der Waals surface area contributed by atoms with Crippen molar-refractivity contribution in [3.63, 3.8) is 0 Å². The quantitative estimate of drug-likeness (QED) is 0.564. The zero-order valence-corrected chi connectivity index (χ0v) is 19.3. The minimum absolute atomic E-state index is 0.125. The molecule has 5 heteroatoms. The van der Waals surface area contributed by atoms with Gasteiger partial charge in [-0.1, -0.05) is 45.0 Å². The summed E-state index contributed by atoms with van der Waals surface area (Å²) in [7, 11) is 0. The van der Waals surface area contributed by atoms with Gasteiger partial charge in [0.2, 0.25) is 0 Å². The number of aromatic nitrogens is 1. The number of ether oxygens (including phenoxy) is 1. The van der Waals surface area contributed by atoms with Crippen molar-refractivity contribution in [1.82, 2.24) is 9.88 Å². The van der Waals surface area contributed by atoms with E-state index >= 15 is 0 Å². The summed E-state index contributed by atoms with van der Waals surface area (Å²) in [5.74, 6) is 1.12. The van der Waals surface area contributed by atoms with Gasteiger partial charge in [-0.2, -0.15) is 0 Å². The highest BCUT2D eigenvalue weighted by Gasteiger charge is 2.14. The van der Waals surface area contributed by atoms with Gasteiger partial charge in [0.1, 0.15) is 11.6 Å². The van der Waals surface area contributed by atoms with Crippen LogP contribution in [0.25, 0.3) is 22.4 Å². The predicted molar refractivity (Wildman–Crippen MR) is 131 cm³/mol. The third kappa shape index (κ3) is 5.67. The Balaban J connectivity index is 1.60. The molecule has 1 aliphatic heterocycles. The maximum absolute atomic E-state index is 9.68. The minimum atomic E-state index is 0.125. The molecule has 1 saturated heterocycles. The Labute approximate surface area is 191 Å². The highest BCUT2D eigenvalue weighted by Crippen LogP contribution is 2.30. The SMILES string of the molecule is CC(C)(C)c1ccc(-c2cc(NCCN3CCOCC3)nc(-c3ccc(O)cc3)c2)cc1. The Morgan fingerprint density at radius 1 is 0.906 bits per heavy atom. The fourth-order valence-corrected chi connectivity index (χ4v) is 3.90. The lowest BCUT2D eigenvalue weighted by atomic mass is 9.86. The summed E-state index contributed by atoms with van der Waals surface area (Å²) in [5, 5.41) is 13.2. The number of morpholine rings is 1. The van der Waals surface area contributed by atoms with E-state index in [1.54, 1.807) is 12.1 Å². The molecule has 0 bridgehead atoms. The first-order valence-corrected chi connectivity index (χ1v) is 11.3. The number of benzene rings is 2. The summed E-state index contributed by atoms with van der Waals surface area (Å²) >= 11 is 0. The maximum Gasteiger partial charge on any atom is 0.127 e. The molecule has 5 nitrogen and oxygen atoms in total. The number of phenolic OH excluding ortho intramolecular Hbond substituents is 1. The molecule has 1 aliphatic rings. The van der Waals surface area contributed by atoms with Gasteiger partial charge in [-0.25, -0.2) is 4.98 Å². The minimum Gasteiger partial charge on any atom is -0.508 e. The lowest BCUT2D eigenvalue weighted by Crippen LogP contribution is -2.39. The molecule has 0 saturated carbocycles. The van der Waals surface area contributed by atoms with Crippen molar-refractivity contribution in [3.8, 4) is 28.1 Å². The summed E-state index contributed by atoms with van der Waals surface area (Å²) in [6, 6.07) is 20.2. The van der Waals surface area contributed by atoms with Gasteiger partial charge in [0, 0.05) is 31.7 Å². The lowest BCUT2D eigenvalue weighted by Gasteiger charge is -2.26. The molecule has 0 unspecified atom stereocenters. The largest absolute Gasteiger partial charge is 0.508 e. The van der Waals surface area contributed by atoms with Crippen LogP contribution in [0.2, 0.25) is 0 Å². The molecule has 2 N–H and O–H groups in total. The van der Waals surface area contributed by atoms with Crippen molar-refractivity contribution >= 4 is 5.82 Å². The lowest BCUT2D eigenvalue weighted by molar-refractivity contribution is 0.0398. The van der Waals surface area contributed by atoms with Gasteiger partial charge >= 0.3 is 0 Å². The van der Waals surface area contributed by atoms with Crippen LogP contribution in [0.5, 0.6) is 5.75 Å². The first-order valence-electron chi connectivity index (χ1n) is 11.3. The van der Waals surface area contributed by atoms with Crippen LogP contribution in [0.1, 0.15) is 26.3 Å². The van der Waals surface area contributed by atoms with E-state index in [-0.39, 0.29) is 11.2 Å². The van der Waals surface area contributed by atoms with Crippen LogP contribution >= 0.6 is 0 Å². The summed E-state index contributed by atoms with van der Waals surface area (Å²) in [5.41, 5.74) is 5.59. The average Bonchev–Trinajstić information content (AvgIpc) is 2.80. The first-order chi connectivity index (χ1) is 15.4. The summed E-state index contributed by atoms with van der Waals surface area (Å²) in [4.78, 5) is 7.27. The normalized spacial score (nSPS) is 15.0. The number of phenols is 1. The molecule has 1 fully saturated rings. The molecule has 0 aliphatic carbocycles. The van der Waals surface area contributed by atoms with Crippen molar-refractivity contribution in [2.75, 3.05) is 44.7 Å². The van der Waals surface area contributed by atoms with E-state index in [0.717, 1.165) is 67.6 Å². The molecule has 0 radical (unpaired) electrons. The monoisotopic (exact) mass is 431 g/mol. The molecule has 32 heavy (non-hydrogen) atoms. The van der Waals surface area contributed by atoms with Crippen molar-refractivity contribution in [1.29, 1.82) is 0 Å². The van der Waals surface area contributed by atoms with E-state index in [0.29, 0.717) is 0 Å².